The van der Waals surface area contributed by atoms with Crippen LogP contribution in [0.25, 0.3) is 0 Å². The molecule has 1 unspecified atom stereocenters. The largest absolute Gasteiger partial charge is 0.480 e. The Balaban J connectivity index is 1.26. The van der Waals surface area contributed by atoms with Crippen LogP contribution in [0, 0.1) is 6.92 Å². The van der Waals surface area contributed by atoms with Crippen molar-refractivity contribution in [2.75, 3.05) is 6.61 Å². The predicted molar refractivity (Wildman–Crippen MR) is 214 cm³/mol. The van der Waals surface area contributed by atoms with Gasteiger partial charge in [-0.15, -0.1) is 0 Å². The second-order valence-corrected chi connectivity index (χ2v) is 23.1. The van der Waals surface area contributed by atoms with Gasteiger partial charge in [-0.3, -0.25) is 14.3 Å². The van der Waals surface area contributed by atoms with E-state index in [1.807, 2.05) is 84.9 Å². The van der Waals surface area contributed by atoms with E-state index in [4.69, 9.17) is 18.2 Å². The van der Waals surface area contributed by atoms with Crippen LogP contribution in [0.3, 0.4) is 0 Å². The number of hydrogen-bond donors (Lipinski definition) is 2. The molecule has 0 amide bonds. The molecule has 9 nitrogen and oxygen atoms in total. The molecule has 1 aromatic heterocycles. The summed E-state index contributed by atoms with van der Waals surface area (Å²) in [5.41, 5.74) is 1.38. The third kappa shape index (κ3) is 7.95. The fourth-order valence-electron chi connectivity index (χ4n) is 7.48. The predicted octanol–water partition coefficient (Wildman–Crippen LogP) is 7.40. The fraction of sp³-hybridized carbons (Fsp3) is 0.317. The first-order valence-corrected chi connectivity index (χ1v) is 22.9. The summed E-state index contributed by atoms with van der Waals surface area (Å²) >= 11 is 1.32. The third-order valence-corrected chi connectivity index (χ3v) is 19.2. The lowest BCUT2D eigenvalue weighted by Crippen LogP contribution is -2.67. The Bertz CT molecular complexity index is 2010. The maximum absolute atomic E-state index is 13.2. The first-order chi connectivity index (χ1) is 25.5. The number of nitrogens with one attached hydrogen (secondary N) is 1. The normalized spacial score (nSPS) is 25.0. The molecule has 0 aliphatic carbocycles. The minimum absolute atomic E-state index is 0.0946. The summed E-state index contributed by atoms with van der Waals surface area (Å²) in [4.78, 5) is 40.3. The molecular formula is C41H46N2O7PSSi+. The Morgan fingerprint density at radius 2 is 1.40 bits per heavy atom. The molecule has 2 fully saturated rings. The lowest BCUT2D eigenvalue weighted by atomic mass is 10.0. The van der Waals surface area contributed by atoms with Crippen molar-refractivity contribution >= 4 is 37.2 Å². The molecule has 3 heterocycles. The SMILES string of the molecule is Cc1cn([C@H]2C[C@H](O[P+]3(O)O[C@H](c4ccccc4)C[C@H](c4ccccc4)S3)[C@@H](CO[Si](c3ccccc3)(c3ccccc3)C(C)(C)C)O2)c(=O)[nH]c1=O. The zero-order valence-electron chi connectivity index (χ0n) is 30.3. The van der Waals surface area contributed by atoms with E-state index in [0.29, 0.717) is 12.0 Å². The van der Waals surface area contributed by atoms with Gasteiger partial charge in [0.15, 0.2) is 0 Å². The molecule has 2 aliphatic heterocycles. The van der Waals surface area contributed by atoms with Gasteiger partial charge in [0.1, 0.15) is 35.9 Å². The standard InChI is InChI=1S/C41H45N2O7PSSi/c1-29-27-43(40(45)42-39(29)44)38-26-35(50-51(46)49-34(30-17-9-5-10-18-30)25-37(52-51)31-19-11-6-12-20-31)36(48-38)28-47-53(41(2,3)4,32-21-13-7-14-22-32)33-23-15-8-16-24-33/h5-24,27,34-38,46H,25-26,28H2,1-4H3/p+1/t34-,35-,36+,37+,38+,51?/m0/s1. The first kappa shape index (κ1) is 37.7. The summed E-state index contributed by atoms with van der Waals surface area (Å²) in [7, 11) is -6.60. The van der Waals surface area contributed by atoms with Crippen molar-refractivity contribution in [2.45, 2.75) is 75.4 Å². The maximum atomic E-state index is 13.2. The summed E-state index contributed by atoms with van der Waals surface area (Å²) < 4.78 is 28.7. The number of aromatic nitrogens is 2. The summed E-state index contributed by atoms with van der Waals surface area (Å²) in [5, 5.41) is 1.85. The van der Waals surface area contributed by atoms with Gasteiger partial charge in [-0.2, -0.15) is 13.9 Å². The molecule has 2 aliphatic rings. The van der Waals surface area contributed by atoms with Gasteiger partial charge in [-0.05, 0) is 33.5 Å². The number of rotatable bonds is 10. The number of nitrogens with zero attached hydrogens (tertiary/aromatic N) is 1. The van der Waals surface area contributed by atoms with E-state index in [0.717, 1.165) is 21.5 Å². The molecule has 53 heavy (non-hydrogen) atoms. The maximum Gasteiger partial charge on any atom is 0.480 e. The van der Waals surface area contributed by atoms with Crippen LogP contribution in [0.5, 0.6) is 0 Å². The Morgan fingerprint density at radius 3 is 1.96 bits per heavy atom. The van der Waals surface area contributed by atoms with Crippen LogP contribution in [-0.4, -0.2) is 41.6 Å². The van der Waals surface area contributed by atoms with Crippen LogP contribution in [0.2, 0.25) is 5.04 Å². The van der Waals surface area contributed by atoms with Crippen molar-refractivity contribution < 1.29 is 23.1 Å². The second kappa shape index (κ2) is 15.6. The van der Waals surface area contributed by atoms with Crippen molar-refractivity contribution in [3.63, 3.8) is 0 Å². The number of aromatic amines is 1. The molecule has 7 rings (SSSR count). The van der Waals surface area contributed by atoms with Crippen LogP contribution < -0.4 is 21.6 Å². The van der Waals surface area contributed by atoms with Crippen molar-refractivity contribution in [2.24, 2.45) is 0 Å². The molecule has 6 atom stereocenters. The Kier molecular flexibility index (Phi) is 11.1. The Labute approximate surface area is 315 Å². The lowest BCUT2D eigenvalue weighted by molar-refractivity contribution is -0.0424. The number of ether oxygens (including phenoxy) is 1. The minimum atomic E-state index is -3.61. The van der Waals surface area contributed by atoms with Gasteiger partial charge in [0.2, 0.25) is 0 Å². The van der Waals surface area contributed by atoms with Crippen LogP contribution >= 0.6 is 18.5 Å². The Hall–Kier alpha value is -3.64. The summed E-state index contributed by atoms with van der Waals surface area (Å²) in [5.74, 6) is 0. The molecule has 4 aromatic carbocycles. The zero-order chi connectivity index (χ0) is 37.2. The van der Waals surface area contributed by atoms with Gasteiger partial charge >= 0.3 is 12.8 Å². The van der Waals surface area contributed by atoms with Gasteiger partial charge in [-0.25, -0.2) is 4.79 Å². The molecule has 276 valence electrons. The smallest absolute Gasteiger partial charge is 0.405 e. The quantitative estimate of drug-likeness (QED) is 0.112. The summed E-state index contributed by atoms with van der Waals surface area (Å²) in [6.07, 6.45) is -0.210. The topological polar surface area (TPSA) is 112 Å². The molecule has 2 saturated heterocycles. The van der Waals surface area contributed by atoms with Crippen molar-refractivity contribution in [1.29, 1.82) is 0 Å². The molecule has 12 heteroatoms. The summed E-state index contributed by atoms with van der Waals surface area (Å²) in [6.45, 7) is 8.41. The first-order valence-electron chi connectivity index (χ1n) is 18.0. The highest BCUT2D eigenvalue weighted by atomic mass is 32.7. The molecule has 0 saturated carbocycles. The van der Waals surface area contributed by atoms with E-state index in [9.17, 15) is 14.5 Å². The van der Waals surface area contributed by atoms with Crippen LogP contribution in [-0.2, 0) is 18.2 Å². The van der Waals surface area contributed by atoms with Gasteiger partial charge in [0.25, 0.3) is 13.9 Å². The second-order valence-electron chi connectivity index (χ2n) is 14.7. The monoisotopic (exact) mass is 769 g/mol. The van der Waals surface area contributed by atoms with E-state index in [1.165, 1.54) is 22.1 Å². The lowest BCUT2D eigenvalue weighted by Gasteiger charge is -2.43. The molecule has 5 aromatic rings. The molecular weight excluding hydrogens is 724 g/mol. The van der Waals surface area contributed by atoms with Gasteiger partial charge in [-0.1, -0.05) is 142 Å². The number of hydrogen-bond acceptors (Lipinski definition) is 8. The molecule has 0 spiro atoms. The molecule has 2 N–H and O–H groups in total. The average molecular weight is 770 g/mol. The highest BCUT2D eigenvalue weighted by Crippen LogP contribution is 2.79. The van der Waals surface area contributed by atoms with Crippen LogP contribution in [0.15, 0.2) is 137 Å². The van der Waals surface area contributed by atoms with E-state index in [-0.39, 0.29) is 23.3 Å². The van der Waals surface area contributed by atoms with E-state index in [2.05, 4.69) is 62.2 Å². The van der Waals surface area contributed by atoms with Gasteiger partial charge in [0.05, 0.1) is 11.9 Å². The van der Waals surface area contributed by atoms with E-state index < -0.39 is 51.3 Å². The summed E-state index contributed by atoms with van der Waals surface area (Å²) in [6, 6.07) is 40.7. The number of H-pyrrole nitrogens is 1. The number of benzene rings is 4. The third-order valence-electron chi connectivity index (χ3n) is 10.1. The van der Waals surface area contributed by atoms with Crippen LogP contribution in [0.1, 0.15) is 67.9 Å². The highest BCUT2D eigenvalue weighted by Gasteiger charge is 2.59. The number of aryl methyl sites for hydroxylation is 1. The average Bonchev–Trinajstić information content (AvgIpc) is 3.55. The van der Waals surface area contributed by atoms with E-state index in [1.54, 1.807) is 6.92 Å². The van der Waals surface area contributed by atoms with Gasteiger partial charge < -0.3 is 9.16 Å². The van der Waals surface area contributed by atoms with Crippen molar-refractivity contribution in [3.05, 3.63) is 165 Å². The molecule has 0 radical (unpaired) electrons. The molecule has 0 bridgehead atoms. The van der Waals surface area contributed by atoms with Crippen molar-refractivity contribution in [3.8, 4) is 0 Å². The fourth-order valence-corrected chi connectivity index (χ4v) is 16.7. The Morgan fingerprint density at radius 1 is 0.849 bits per heavy atom. The van der Waals surface area contributed by atoms with Gasteiger partial charge in [0, 0.05) is 24.6 Å². The zero-order valence-corrected chi connectivity index (χ0v) is 33.0. The van der Waals surface area contributed by atoms with Crippen molar-refractivity contribution in [1.82, 2.24) is 9.55 Å². The highest BCUT2D eigenvalue weighted by molar-refractivity contribution is 8.57. The van der Waals surface area contributed by atoms with Crippen LogP contribution in [0.4, 0.5) is 0 Å². The van der Waals surface area contributed by atoms with E-state index >= 15 is 0 Å². The minimum Gasteiger partial charge on any atom is -0.405 e.